The molecule has 51 heavy (non-hydrogen) atoms. The fraction of sp³-hybridized carbons (Fsp3) is 0.0204. The van der Waals surface area contributed by atoms with Crippen molar-refractivity contribution in [2.75, 3.05) is 4.90 Å². The normalized spacial score (nSPS) is 12.9. The molecule has 10 rings (SSSR count). The van der Waals surface area contributed by atoms with Gasteiger partial charge in [0.05, 0.1) is 16.4 Å². The van der Waals surface area contributed by atoms with E-state index in [0.29, 0.717) is 0 Å². The highest BCUT2D eigenvalue weighted by atomic mass is 15.1. The molecule has 0 saturated heterocycles. The van der Waals surface area contributed by atoms with Crippen molar-refractivity contribution in [2.45, 2.75) is 5.41 Å². The molecule has 0 aliphatic heterocycles. The topological polar surface area (TPSA) is 8.17 Å². The molecule has 0 saturated carbocycles. The van der Waals surface area contributed by atoms with Gasteiger partial charge >= 0.3 is 0 Å². The zero-order chi connectivity index (χ0) is 33.8. The summed E-state index contributed by atoms with van der Waals surface area (Å²) in [7, 11) is 0. The quantitative estimate of drug-likeness (QED) is 0.174. The molecule has 0 atom stereocenters. The summed E-state index contributed by atoms with van der Waals surface area (Å²) in [5.41, 5.74) is 14.3. The van der Waals surface area contributed by atoms with Crippen molar-refractivity contribution < 1.29 is 0 Å². The summed E-state index contributed by atoms with van der Waals surface area (Å²) in [6, 6.07) is 75.1. The summed E-state index contributed by atoms with van der Waals surface area (Å²) >= 11 is 0. The lowest BCUT2D eigenvalue weighted by Gasteiger charge is -2.34. The minimum Gasteiger partial charge on any atom is -0.311 e. The van der Waals surface area contributed by atoms with E-state index in [2.05, 4.69) is 216 Å². The van der Waals surface area contributed by atoms with E-state index >= 15 is 0 Å². The van der Waals surface area contributed by atoms with Crippen LogP contribution in [0.2, 0.25) is 0 Å². The fourth-order valence-electron chi connectivity index (χ4n) is 8.55. The molecule has 1 aliphatic rings. The summed E-state index contributed by atoms with van der Waals surface area (Å²) in [6.07, 6.45) is 0. The lowest BCUT2D eigenvalue weighted by Crippen LogP contribution is -2.28. The van der Waals surface area contributed by atoms with E-state index in [1.807, 2.05) is 0 Å². The molecule has 1 heterocycles. The highest BCUT2D eigenvalue weighted by Crippen LogP contribution is 2.56. The third-order valence-corrected chi connectivity index (χ3v) is 10.7. The monoisotopic (exact) mass is 650 g/mol. The third kappa shape index (κ3) is 4.43. The van der Waals surface area contributed by atoms with Gasteiger partial charge in [-0.1, -0.05) is 146 Å². The van der Waals surface area contributed by atoms with Gasteiger partial charge in [0.2, 0.25) is 0 Å². The van der Waals surface area contributed by atoms with E-state index in [0.717, 1.165) is 22.7 Å². The van der Waals surface area contributed by atoms with Gasteiger partial charge in [0, 0.05) is 33.5 Å². The van der Waals surface area contributed by atoms with E-state index in [1.165, 1.54) is 55.2 Å². The number of hydrogen-bond donors (Lipinski definition) is 0. The number of aromatic nitrogens is 1. The first-order valence-corrected chi connectivity index (χ1v) is 17.6. The highest BCUT2D eigenvalue weighted by molar-refractivity contribution is 6.09. The first-order valence-electron chi connectivity index (χ1n) is 17.6. The SMILES string of the molecule is c1ccc(N(c2ccc(-n3c4ccccc4c4ccccc43)cc2)c2ccc(C3(c4ccccc4)c4ccccc4-c4ccccc43)cc2)cc1. The predicted octanol–water partition coefficient (Wildman–Crippen LogP) is 12.6. The first-order chi connectivity index (χ1) is 25.3. The van der Waals surface area contributed by atoms with Gasteiger partial charge in [-0.25, -0.2) is 0 Å². The van der Waals surface area contributed by atoms with Crippen LogP contribution >= 0.6 is 0 Å². The number of para-hydroxylation sites is 3. The molecule has 1 aliphatic carbocycles. The maximum absolute atomic E-state index is 2.37. The van der Waals surface area contributed by atoms with E-state index < -0.39 is 5.41 Å². The van der Waals surface area contributed by atoms with Crippen LogP contribution in [0.3, 0.4) is 0 Å². The second-order valence-electron chi connectivity index (χ2n) is 13.3. The van der Waals surface area contributed by atoms with Crippen molar-refractivity contribution >= 4 is 38.9 Å². The molecule has 1 aromatic heterocycles. The Morgan fingerprint density at radius 3 is 1.31 bits per heavy atom. The molecular weight excluding hydrogens is 617 g/mol. The lowest BCUT2D eigenvalue weighted by molar-refractivity contribution is 0.768. The van der Waals surface area contributed by atoms with E-state index in [1.54, 1.807) is 0 Å². The van der Waals surface area contributed by atoms with Crippen molar-refractivity contribution in [1.29, 1.82) is 0 Å². The predicted molar refractivity (Wildman–Crippen MR) is 213 cm³/mol. The van der Waals surface area contributed by atoms with E-state index in [-0.39, 0.29) is 0 Å². The maximum atomic E-state index is 2.37. The first kappa shape index (κ1) is 29.3. The molecule has 0 radical (unpaired) electrons. The minimum absolute atomic E-state index is 0.422. The van der Waals surface area contributed by atoms with Crippen molar-refractivity contribution in [1.82, 2.24) is 4.57 Å². The molecule has 0 unspecified atom stereocenters. The van der Waals surface area contributed by atoms with Crippen molar-refractivity contribution in [3.8, 4) is 16.8 Å². The highest BCUT2D eigenvalue weighted by Gasteiger charge is 2.45. The van der Waals surface area contributed by atoms with Crippen LogP contribution in [0.5, 0.6) is 0 Å². The molecular formula is C49H34N2. The zero-order valence-electron chi connectivity index (χ0n) is 28.0. The molecule has 8 aromatic carbocycles. The van der Waals surface area contributed by atoms with Gasteiger partial charge < -0.3 is 9.47 Å². The Kier molecular flexibility index (Phi) is 6.75. The third-order valence-electron chi connectivity index (χ3n) is 10.7. The van der Waals surface area contributed by atoms with Gasteiger partial charge in [-0.05, 0) is 94.0 Å². The number of rotatable bonds is 6. The van der Waals surface area contributed by atoms with Gasteiger partial charge in [-0.2, -0.15) is 0 Å². The molecule has 2 nitrogen and oxygen atoms in total. The van der Waals surface area contributed by atoms with Crippen LogP contribution in [0.25, 0.3) is 38.6 Å². The second kappa shape index (κ2) is 11.8. The van der Waals surface area contributed by atoms with Crippen LogP contribution in [0.15, 0.2) is 206 Å². The van der Waals surface area contributed by atoms with Gasteiger partial charge in [0.25, 0.3) is 0 Å². The van der Waals surface area contributed by atoms with Crippen molar-refractivity contribution in [3.05, 3.63) is 229 Å². The fourth-order valence-corrected chi connectivity index (χ4v) is 8.55. The van der Waals surface area contributed by atoms with Crippen LogP contribution in [0, 0.1) is 0 Å². The molecule has 9 aromatic rings. The van der Waals surface area contributed by atoms with Crippen LogP contribution in [0.4, 0.5) is 17.1 Å². The van der Waals surface area contributed by atoms with Crippen molar-refractivity contribution in [3.63, 3.8) is 0 Å². The van der Waals surface area contributed by atoms with E-state index in [9.17, 15) is 0 Å². The minimum atomic E-state index is -0.422. The Bertz CT molecular complexity index is 2570. The Hall–Kier alpha value is -6.64. The molecule has 0 spiro atoms. The van der Waals surface area contributed by atoms with Gasteiger partial charge in [-0.15, -0.1) is 0 Å². The molecule has 0 amide bonds. The Labute approximate surface area is 298 Å². The number of anilines is 3. The molecule has 0 fully saturated rings. The second-order valence-corrected chi connectivity index (χ2v) is 13.3. The number of nitrogens with zero attached hydrogens (tertiary/aromatic N) is 2. The molecule has 0 bridgehead atoms. The number of benzene rings is 8. The average Bonchev–Trinajstić information content (AvgIpc) is 3.71. The summed E-state index contributed by atoms with van der Waals surface area (Å²) in [4.78, 5) is 2.35. The summed E-state index contributed by atoms with van der Waals surface area (Å²) in [5.74, 6) is 0. The molecule has 2 heteroatoms. The van der Waals surface area contributed by atoms with Gasteiger partial charge in [0.1, 0.15) is 0 Å². The Morgan fingerprint density at radius 1 is 0.333 bits per heavy atom. The Morgan fingerprint density at radius 2 is 0.745 bits per heavy atom. The molecule has 240 valence electrons. The van der Waals surface area contributed by atoms with Gasteiger partial charge in [0.15, 0.2) is 0 Å². The van der Waals surface area contributed by atoms with Crippen LogP contribution in [-0.4, -0.2) is 4.57 Å². The number of fused-ring (bicyclic) bond motifs is 6. The smallest absolute Gasteiger partial charge is 0.0713 e. The lowest BCUT2D eigenvalue weighted by atomic mass is 9.68. The van der Waals surface area contributed by atoms with Crippen LogP contribution < -0.4 is 4.90 Å². The van der Waals surface area contributed by atoms with Crippen LogP contribution in [0.1, 0.15) is 22.3 Å². The standard InChI is InChI=1S/C49H34N2/c1-3-15-35(16-4-1)49(45-23-11-7-19-41(45)42-20-8-12-24-46(42)49)36-27-29-38(30-28-36)50(37-17-5-2-6-18-37)39-31-33-40(34-32-39)51-47-25-13-9-21-43(47)44-22-10-14-26-48(44)51/h1-34H. The van der Waals surface area contributed by atoms with Crippen molar-refractivity contribution in [2.24, 2.45) is 0 Å². The van der Waals surface area contributed by atoms with Gasteiger partial charge in [-0.3, -0.25) is 0 Å². The average molecular weight is 651 g/mol. The summed E-state index contributed by atoms with van der Waals surface area (Å²) < 4.78 is 2.37. The maximum Gasteiger partial charge on any atom is 0.0713 e. The Balaban J connectivity index is 1.11. The molecule has 0 N–H and O–H groups in total. The van der Waals surface area contributed by atoms with Crippen LogP contribution in [-0.2, 0) is 5.41 Å². The summed E-state index contributed by atoms with van der Waals surface area (Å²) in [5, 5.41) is 2.54. The number of hydrogen-bond acceptors (Lipinski definition) is 1. The van der Waals surface area contributed by atoms with E-state index in [4.69, 9.17) is 0 Å². The summed E-state index contributed by atoms with van der Waals surface area (Å²) in [6.45, 7) is 0. The zero-order valence-corrected chi connectivity index (χ0v) is 28.0. The largest absolute Gasteiger partial charge is 0.311 e.